The number of anilines is 1. The Labute approximate surface area is 154 Å². The summed E-state index contributed by atoms with van der Waals surface area (Å²) < 4.78 is 1.10. The normalized spacial score (nSPS) is 10.6. The summed E-state index contributed by atoms with van der Waals surface area (Å²) >= 11 is 4.93. The molecule has 0 aliphatic heterocycles. The first-order valence-electron chi connectivity index (χ1n) is 7.51. The van der Waals surface area contributed by atoms with Gasteiger partial charge in [0, 0.05) is 23.4 Å². The van der Waals surface area contributed by atoms with Crippen molar-refractivity contribution < 1.29 is 0 Å². The number of hydrogen-bond acceptors (Lipinski definition) is 5. The zero-order valence-electron chi connectivity index (χ0n) is 13.3. The van der Waals surface area contributed by atoms with Crippen LogP contribution in [0.2, 0.25) is 0 Å². The number of halogens is 1. The molecule has 0 radical (unpaired) electrons. The second-order valence-electron chi connectivity index (χ2n) is 5.35. The molecule has 4 nitrogen and oxygen atoms in total. The molecule has 0 N–H and O–H groups in total. The minimum atomic E-state index is 0.667. The van der Waals surface area contributed by atoms with Crippen LogP contribution in [0, 0.1) is 0 Å². The first-order chi connectivity index (χ1) is 11.7. The molecule has 0 aliphatic rings. The fourth-order valence-electron chi connectivity index (χ4n) is 2.30. The van der Waals surface area contributed by atoms with E-state index in [1.54, 1.807) is 0 Å². The summed E-state index contributed by atoms with van der Waals surface area (Å²) in [6.45, 7) is 4.41. The van der Waals surface area contributed by atoms with Gasteiger partial charge in [-0.3, -0.25) is 0 Å². The maximum atomic E-state index is 4.72. The second-order valence-corrected chi connectivity index (χ2v) is 7.10. The average Bonchev–Trinajstić information content (AvgIpc) is 3.10. The van der Waals surface area contributed by atoms with Gasteiger partial charge in [-0.1, -0.05) is 34.1 Å². The summed E-state index contributed by atoms with van der Waals surface area (Å²) in [5.74, 6) is 0.936. The molecule has 0 unspecified atom stereocenters. The lowest BCUT2D eigenvalue weighted by molar-refractivity contribution is 0.860. The van der Waals surface area contributed by atoms with Crippen molar-refractivity contribution in [2.75, 3.05) is 18.5 Å². The number of rotatable bonds is 6. The van der Waals surface area contributed by atoms with E-state index in [9.17, 15) is 0 Å². The number of benzene rings is 1. The van der Waals surface area contributed by atoms with Crippen LogP contribution < -0.4 is 4.90 Å². The first-order valence-corrected chi connectivity index (χ1v) is 9.18. The molecule has 24 heavy (non-hydrogen) atoms. The summed E-state index contributed by atoms with van der Waals surface area (Å²) in [4.78, 5) is 15.1. The number of aliphatic imine (C=N–C) groups is 1. The minimum Gasteiger partial charge on any atom is -0.359 e. The number of aromatic nitrogens is 2. The lowest BCUT2D eigenvalue weighted by Gasteiger charge is -2.18. The molecular formula is C18H17BrN4S. The Kier molecular flexibility index (Phi) is 5.37. The third-order valence-electron chi connectivity index (χ3n) is 3.66. The van der Waals surface area contributed by atoms with Crippen LogP contribution in [0.1, 0.15) is 5.56 Å². The van der Waals surface area contributed by atoms with Gasteiger partial charge in [0.2, 0.25) is 5.13 Å². The number of nitrogens with zero attached hydrogens (tertiary/aromatic N) is 4. The van der Waals surface area contributed by atoms with Crippen molar-refractivity contribution in [2.24, 2.45) is 4.99 Å². The van der Waals surface area contributed by atoms with Crippen LogP contribution in [0.4, 0.5) is 10.9 Å². The predicted octanol–water partition coefficient (Wildman–Crippen LogP) is 4.98. The summed E-state index contributed by atoms with van der Waals surface area (Å²) in [6, 6.07) is 14.4. The van der Waals surface area contributed by atoms with Crippen molar-refractivity contribution in [3.8, 4) is 11.4 Å². The summed E-state index contributed by atoms with van der Waals surface area (Å²) in [5, 5.41) is 2.62. The van der Waals surface area contributed by atoms with Gasteiger partial charge in [-0.15, -0.1) is 11.3 Å². The maximum Gasteiger partial charge on any atom is 0.209 e. The van der Waals surface area contributed by atoms with Crippen LogP contribution in [0.25, 0.3) is 11.4 Å². The molecule has 0 bridgehead atoms. The van der Waals surface area contributed by atoms with Gasteiger partial charge in [0.15, 0.2) is 0 Å². The quantitative estimate of drug-likeness (QED) is 0.547. The van der Waals surface area contributed by atoms with E-state index in [1.807, 2.05) is 23.6 Å². The number of likely N-dealkylation sites (N-methyl/N-ethyl adjacent to an activating group) is 1. The molecule has 0 atom stereocenters. The Bertz CT molecular complexity index is 829. The molecule has 122 valence electrons. The number of hydrogen-bond donors (Lipinski definition) is 0. The van der Waals surface area contributed by atoms with Crippen molar-refractivity contribution in [3.63, 3.8) is 0 Å². The molecule has 3 aromatic rings. The number of thiazole rings is 1. The molecule has 2 heterocycles. The van der Waals surface area contributed by atoms with E-state index in [2.05, 4.69) is 68.8 Å². The maximum absolute atomic E-state index is 4.72. The van der Waals surface area contributed by atoms with Crippen LogP contribution in [0.5, 0.6) is 0 Å². The molecule has 0 fully saturated rings. The van der Waals surface area contributed by atoms with Gasteiger partial charge < -0.3 is 4.90 Å². The molecular weight excluding hydrogens is 384 g/mol. The molecule has 0 saturated heterocycles. The highest BCUT2D eigenvalue weighted by atomic mass is 79.9. The summed E-state index contributed by atoms with van der Waals surface area (Å²) in [5.41, 5.74) is 3.00. The van der Waals surface area contributed by atoms with E-state index in [0.717, 1.165) is 34.6 Å². The van der Waals surface area contributed by atoms with Crippen LogP contribution in [0.3, 0.4) is 0 Å². The third-order valence-corrected chi connectivity index (χ3v) is 4.97. The third kappa shape index (κ3) is 4.07. The largest absolute Gasteiger partial charge is 0.359 e. The van der Waals surface area contributed by atoms with Gasteiger partial charge in [0.1, 0.15) is 11.5 Å². The van der Waals surface area contributed by atoms with E-state index < -0.39 is 0 Å². The Hall–Kier alpha value is -2.05. The topological polar surface area (TPSA) is 41.4 Å². The smallest absolute Gasteiger partial charge is 0.209 e. The van der Waals surface area contributed by atoms with E-state index in [4.69, 9.17) is 4.98 Å². The van der Waals surface area contributed by atoms with E-state index in [-0.39, 0.29) is 0 Å². The first kappa shape index (κ1) is 16.8. The van der Waals surface area contributed by atoms with Crippen molar-refractivity contribution in [3.05, 3.63) is 57.9 Å². The predicted molar refractivity (Wildman–Crippen MR) is 106 cm³/mol. The van der Waals surface area contributed by atoms with Crippen LogP contribution in [0.15, 0.2) is 57.3 Å². The van der Waals surface area contributed by atoms with Crippen LogP contribution >= 0.6 is 27.3 Å². The molecule has 2 aromatic heterocycles. The van der Waals surface area contributed by atoms with Crippen molar-refractivity contribution >= 4 is 44.9 Å². The molecule has 0 amide bonds. The summed E-state index contributed by atoms with van der Waals surface area (Å²) in [7, 11) is 2.06. The highest BCUT2D eigenvalue weighted by molar-refractivity contribution is 9.10. The standard InChI is InChI=1S/C18H17BrN4S/c1-20-18-22-16(12-24-18)15-4-3-5-17(21-15)23(2)11-10-13-6-8-14(19)9-7-13/h3-9,12H,1,10-11H2,2H3. The fourth-order valence-corrected chi connectivity index (χ4v) is 3.18. The Morgan fingerprint density at radius 1 is 1.12 bits per heavy atom. The Morgan fingerprint density at radius 2 is 1.92 bits per heavy atom. The van der Waals surface area contributed by atoms with E-state index >= 15 is 0 Å². The Morgan fingerprint density at radius 3 is 2.62 bits per heavy atom. The summed E-state index contributed by atoms with van der Waals surface area (Å²) in [6.07, 6.45) is 0.969. The zero-order chi connectivity index (χ0) is 16.9. The molecule has 0 saturated carbocycles. The van der Waals surface area contributed by atoms with Crippen molar-refractivity contribution in [2.45, 2.75) is 6.42 Å². The fraction of sp³-hybridized carbons (Fsp3) is 0.167. The second kappa shape index (κ2) is 7.68. The highest BCUT2D eigenvalue weighted by Crippen LogP contribution is 2.26. The Balaban J connectivity index is 1.70. The van der Waals surface area contributed by atoms with Crippen LogP contribution in [-0.2, 0) is 6.42 Å². The molecule has 0 spiro atoms. The SMILES string of the molecule is C=Nc1nc(-c2cccc(N(C)CCc3ccc(Br)cc3)n2)cs1. The lowest BCUT2D eigenvalue weighted by atomic mass is 10.1. The van der Waals surface area contributed by atoms with Gasteiger partial charge in [-0.2, -0.15) is 0 Å². The van der Waals surface area contributed by atoms with Crippen molar-refractivity contribution in [1.29, 1.82) is 0 Å². The van der Waals surface area contributed by atoms with E-state index in [1.165, 1.54) is 16.9 Å². The van der Waals surface area contributed by atoms with Gasteiger partial charge >= 0.3 is 0 Å². The average molecular weight is 401 g/mol. The van der Waals surface area contributed by atoms with Crippen molar-refractivity contribution in [1.82, 2.24) is 9.97 Å². The zero-order valence-corrected chi connectivity index (χ0v) is 15.7. The number of pyridine rings is 1. The molecule has 3 rings (SSSR count). The highest BCUT2D eigenvalue weighted by Gasteiger charge is 2.08. The monoisotopic (exact) mass is 400 g/mol. The lowest BCUT2D eigenvalue weighted by Crippen LogP contribution is -2.21. The van der Waals surface area contributed by atoms with Crippen LogP contribution in [-0.4, -0.2) is 30.3 Å². The van der Waals surface area contributed by atoms with Gasteiger partial charge in [-0.25, -0.2) is 15.0 Å². The molecule has 1 aromatic carbocycles. The molecule has 0 aliphatic carbocycles. The van der Waals surface area contributed by atoms with Gasteiger partial charge in [-0.05, 0) is 43.0 Å². The van der Waals surface area contributed by atoms with Gasteiger partial charge in [0.05, 0.1) is 5.69 Å². The minimum absolute atomic E-state index is 0.667. The van der Waals surface area contributed by atoms with E-state index in [0.29, 0.717) is 5.13 Å². The molecule has 6 heteroatoms. The van der Waals surface area contributed by atoms with Gasteiger partial charge in [0.25, 0.3) is 0 Å².